The zero-order valence-electron chi connectivity index (χ0n) is 10.4. The van der Waals surface area contributed by atoms with Crippen LogP contribution in [0.25, 0.3) is 0 Å². The maximum atomic E-state index is 12.7. The largest absolute Gasteiger partial charge is 0.218 e. The highest BCUT2D eigenvalue weighted by atomic mass is 79.9. The second-order valence-electron chi connectivity index (χ2n) is 4.23. The van der Waals surface area contributed by atoms with Crippen molar-refractivity contribution in [2.45, 2.75) is 23.6 Å². The van der Waals surface area contributed by atoms with Crippen LogP contribution in [0.15, 0.2) is 55.1 Å². The minimum atomic E-state index is -3.51. The molecule has 0 atom stereocenters. The Bertz CT molecular complexity index is 680. The average Bonchev–Trinajstić information content (AvgIpc) is 2.35. The summed E-state index contributed by atoms with van der Waals surface area (Å²) in [6, 6.07) is 10.4. The smallest absolute Gasteiger partial charge is 0.207 e. The highest BCUT2D eigenvalue weighted by molar-refractivity contribution is 9.10. The van der Waals surface area contributed by atoms with Crippen molar-refractivity contribution >= 4 is 41.7 Å². The van der Waals surface area contributed by atoms with Gasteiger partial charge in [0.2, 0.25) is 9.84 Å². The quantitative estimate of drug-likeness (QED) is 0.730. The lowest BCUT2D eigenvalue weighted by Crippen LogP contribution is -2.06. The van der Waals surface area contributed by atoms with Gasteiger partial charge in [0.25, 0.3) is 0 Å². The van der Waals surface area contributed by atoms with Crippen LogP contribution in [0.5, 0.6) is 0 Å². The molecule has 0 unspecified atom stereocenters. The Morgan fingerprint density at radius 3 is 1.53 bits per heavy atom. The molecule has 0 aliphatic carbocycles. The van der Waals surface area contributed by atoms with Gasteiger partial charge in [-0.25, -0.2) is 8.42 Å². The Kier molecular flexibility index (Phi) is 4.18. The number of hydrogen-bond acceptors (Lipinski definition) is 2. The van der Waals surface area contributed by atoms with Gasteiger partial charge in [0, 0.05) is 8.95 Å². The normalized spacial score (nSPS) is 11.6. The summed E-state index contributed by atoms with van der Waals surface area (Å²) < 4.78 is 27.1. The van der Waals surface area contributed by atoms with Gasteiger partial charge < -0.3 is 0 Å². The number of sulfone groups is 1. The van der Waals surface area contributed by atoms with Gasteiger partial charge in [-0.2, -0.15) is 0 Å². The molecular formula is C14H12Br2O2S. The fraction of sp³-hybridized carbons (Fsp3) is 0.143. The maximum Gasteiger partial charge on any atom is 0.207 e. The van der Waals surface area contributed by atoms with Crippen molar-refractivity contribution in [1.29, 1.82) is 0 Å². The summed E-state index contributed by atoms with van der Waals surface area (Å²) in [6.07, 6.45) is 0. The molecule has 2 aromatic carbocycles. The van der Waals surface area contributed by atoms with Crippen molar-refractivity contribution in [3.05, 3.63) is 56.5 Å². The van der Waals surface area contributed by atoms with E-state index in [1.165, 1.54) is 0 Å². The van der Waals surface area contributed by atoms with E-state index in [0.29, 0.717) is 9.79 Å². The van der Waals surface area contributed by atoms with Crippen LogP contribution >= 0.6 is 31.9 Å². The van der Waals surface area contributed by atoms with E-state index in [-0.39, 0.29) is 0 Å². The summed E-state index contributed by atoms with van der Waals surface area (Å²) in [5, 5.41) is 0. The molecule has 0 amide bonds. The average molecular weight is 404 g/mol. The molecule has 19 heavy (non-hydrogen) atoms. The highest BCUT2D eigenvalue weighted by Crippen LogP contribution is 2.32. The first kappa shape index (κ1) is 14.8. The van der Waals surface area contributed by atoms with Crippen molar-refractivity contribution in [2.24, 2.45) is 0 Å². The third kappa shape index (κ3) is 2.64. The summed E-state index contributed by atoms with van der Waals surface area (Å²) in [5.41, 5.74) is 1.45. The lowest BCUT2D eigenvalue weighted by atomic mass is 10.2. The van der Waals surface area contributed by atoms with Crippen LogP contribution in [-0.4, -0.2) is 8.42 Å². The third-order valence-corrected chi connectivity index (χ3v) is 6.78. The van der Waals surface area contributed by atoms with Gasteiger partial charge in [-0.15, -0.1) is 0 Å². The molecule has 0 fully saturated rings. The zero-order chi connectivity index (χ0) is 14.2. The molecule has 0 saturated carbocycles. The molecule has 0 radical (unpaired) electrons. The zero-order valence-corrected chi connectivity index (χ0v) is 14.4. The van der Waals surface area contributed by atoms with Gasteiger partial charge >= 0.3 is 0 Å². The number of halogens is 2. The first-order valence-corrected chi connectivity index (χ1v) is 8.68. The first-order valence-electron chi connectivity index (χ1n) is 5.61. The molecule has 0 bridgehead atoms. The topological polar surface area (TPSA) is 34.1 Å². The number of benzene rings is 2. The predicted octanol–water partition coefficient (Wildman–Crippen LogP) is 4.66. The molecule has 2 aromatic rings. The van der Waals surface area contributed by atoms with Crippen LogP contribution in [0.3, 0.4) is 0 Å². The van der Waals surface area contributed by atoms with E-state index in [9.17, 15) is 8.42 Å². The Morgan fingerprint density at radius 1 is 0.789 bits per heavy atom. The Labute approximate surface area is 130 Å². The molecule has 0 N–H and O–H groups in total. The van der Waals surface area contributed by atoms with E-state index >= 15 is 0 Å². The van der Waals surface area contributed by atoms with Crippen molar-refractivity contribution in [1.82, 2.24) is 0 Å². The standard InChI is InChI=1S/C14H12Br2O2S/c1-9-11(15)5-3-7-13(9)19(17,18)14-8-4-6-12(16)10(14)2/h3-8H,1-2H3. The maximum absolute atomic E-state index is 12.7. The summed E-state index contributed by atoms with van der Waals surface area (Å²) in [4.78, 5) is 0.672. The lowest BCUT2D eigenvalue weighted by molar-refractivity contribution is 0.594. The van der Waals surface area contributed by atoms with Crippen molar-refractivity contribution < 1.29 is 8.42 Å². The molecule has 5 heteroatoms. The molecule has 2 nitrogen and oxygen atoms in total. The molecule has 0 spiro atoms. The fourth-order valence-corrected chi connectivity index (χ4v) is 4.65. The van der Waals surface area contributed by atoms with Gasteiger partial charge in [0.15, 0.2) is 0 Å². The molecule has 0 aliphatic heterocycles. The van der Waals surface area contributed by atoms with Gasteiger partial charge in [0.1, 0.15) is 0 Å². The molecule has 0 aromatic heterocycles. The van der Waals surface area contributed by atoms with Crippen molar-refractivity contribution in [3.63, 3.8) is 0 Å². The molecule has 100 valence electrons. The predicted molar refractivity (Wildman–Crippen MR) is 83.2 cm³/mol. The molecular weight excluding hydrogens is 392 g/mol. The van der Waals surface area contributed by atoms with Crippen LogP contribution in [-0.2, 0) is 9.84 Å². The van der Waals surface area contributed by atoms with Crippen LogP contribution in [0.4, 0.5) is 0 Å². The second kappa shape index (κ2) is 5.38. The van der Waals surface area contributed by atoms with E-state index in [4.69, 9.17) is 0 Å². The monoisotopic (exact) mass is 402 g/mol. The lowest BCUT2D eigenvalue weighted by Gasteiger charge is -2.12. The first-order chi connectivity index (χ1) is 8.85. The summed E-state index contributed by atoms with van der Waals surface area (Å²) in [7, 11) is -3.51. The Balaban J connectivity index is 2.73. The van der Waals surface area contributed by atoms with E-state index in [2.05, 4.69) is 31.9 Å². The molecule has 0 heterocycles. The van der Waals surface area contributed by atoms with E-state index in [1.807, 2.05) is 12.1 Å². The molecule has 0 saturated heterocycles. The van der Waals surface area contributed by atoms with Crippen LogP contribution < -0.4 is 0 Å². The Hall–Kier alpha value is -0.650. The van der Waals surface area contributed by atoms with Crippen LogP contribution in [0.2, 0.25) is 0 Å². The van der Waals surface area contributed by atoms with E-state index in [1.54, 1.807) is 38.1 Å². The number of hydrogen-bond donors (Lipinski definition) is 0. The Morgan fingerprint density at radius 2 is 1.16 bits per heavy atom. The van der Waals surface area contributed by atoms with Crippen molar-refractivity contribution in [2.75, 3.05) is 0 Å². The van der Waals surface area contributed by atoms with E-state index < -0.39 is 9.84 Å². The highest BCUT2D eigenvalue weighted by Gasteiger charge is 2.23. The van der Waals surface area contributed by atoms with Gasteiger partial charge in [-0.3, -0.25) is 0 Å². The van der Waals surface area contributed by atoms with Crippen LogP contribution in [0, 0.1) is 13.8 Å². The fourth-order valence-electron chi connectivity index (χ4n) is 1.88. The second-order valence-corrected chi connectivity index (χ2v) is 7.82. The SMILES string of the molecule is Cc1c(Br)cccc1S(=O)(=O)c1cccc(Br)c1C. The minimum absolute atomic E-state index is 0.336. The third-order valence-electron chi connectivity index (χ3n) is 3.02. The molecule has 0 aliphatic rings. The summed E-state index contributed by atoms with van der Waals surface area (Å²) in [6.45, 7) is 3.59. The van der Waals surface area contributed by atoms with Crippen molar-refractivity contribution in [3.8, 4) is 0 Å². The summed E-state index contributed by atoms with van der Waals surface area (Å²) >= 11 is 6.74. The van der Waals surface area contributed by atoms with Gasteiger partial charge in [-0.05, 0) is 49.2 Å². The van der Waals surface area contributed by atoms with Gasteiger partial charge in [-0.1, -0.05) is 44.0 Å². The molecule has 2 rings (SSSR count). The van der Waals surface area contributed by atoms with Crippen LogP contribution in [0.1, 0.15) is 11.1 Å². The number of rotatable bonds is 2. The minimum Gasteiger partial charge on any atom is -0.218 e. The van der Waals surface area contributed by atoms with E-state index in [0.717, 1.165) is 20.1 Å². The van der Waals surface area contributed by atoms with Gasteiger partial charge in [0.05, 0.1) is 9.79 Å². The summed E-state index contributed by atoms with van der Waals surface area (Å²) in [5.74, 6) is 0.